The van der Waals surface area contributed by atoms with Crippen LogP contribution in [0.2, 0.25) is 10.0 Å². The third-order valence-electron chi connectivity index (χ3n) is 5.02. The maximum atomic E-state index is 11.7. The molecule has 0 aromatic heterocycles. The molecule has 2 aromatic carbocycles. The van der Waals surface area contributed by atoms with Crippen molar-refractivity contribution in [1.29, 1.82) is 0 Å². The number of ether oxygens (including phenoxy) is 1. The number of fused-ring (bicyclic) bond motifs is 1. The Morgan fingerprint density at radius 1 is 1.07 bits per heavy atom. The number of piperazine rings is 1. The first-order valence-electron chi connectivity index (χ1n) is 13.6. The van der Waals surface area contributed by atoms with Gasteiger partial charge in [-0.1, -0.05) is 35.3 Å². The first-order valence-corrected chi connectivity index (χ1v) is 10.4. The highest BCUT2D eigenvalue weighted by molar-refractivity contribution is 6.43. The van der Waals surface area contributed by atoms with E-state index in [1.165, 1.54) is 12.1 Å². The van der Waals surface area contributed by atoms with Gasteiger partial charge in [-0.25, -0.2) is 0 Å². The van der Waals surface area contributed by atoms with E-state index in [9.17, 15) is 4.79 Å². The molecule has 1 fully saturated rings. The molecule has 0 bridgehead atoms. The Morgan fingerprint density at radius 2 is 1.90 bits per heavy atom. The number of hydrogen-bond acceptors (Lipinski definition) is 4. The van der Waals surface area contributed by atoms with Gasteiger partial charge in [0.1, 0.15) is 5.75 Å². The highest BCUT2D eigenvalue weighted by Gasteiger charge is 2.19. The fourth-order valence-corrected chi connectivity index (χ4v) is 3.84. The smallest absolute Gasteiger partial charge is 0.224 e. The molecule has 2 heterocycles. The molecular formula is C23H27Cl2N3O2. The molecule has 2 aromatic rings. The Labute approximate surface area is 199 Å². The molecule has 7 heteroatoms. The summed E-state index contributed by atoms with van der Waals surface area (Å²) in [6, 6.07) is 9.54. The molecule has 0 spiro atoms. The van der Waals surface area contributed by atoms with Crippen LogP contribution in [0.4, 0.5) is 11.4 Å². The first-order chi connectivity index (χ1) is 17.6. The number of nitrogens with zero attached hydrogens (tertiary/aromatic N) is 2. The SMILES string of the molecule is [2H]C([2H])(Oc1ccc2c(c1)NC(=O)CC2)C([2H])([2H])C([2H])([2H])C([2H])([2H])N1CCN(c2cccc(Cl)c2Cl)CC1. The van der Waals surface area contributed by atoms with Gasteiger partial charge in [-0.05, 0) is 49.4 Å². The van der Waals surface area contributed by atoms with Crippen molar-refractivity contribution in [2.75, 3.05) is 49.5 Å². The average Bonchev–Trinajstić information content (AvgIpc) is 2.85. The molecule has 0 radical (unpaired) electrons. The molecular weight excluding hydrogens is 421 g/mol. The molecule has 0 unspecified atom stereocenters. The van der Waals surface area contributed by atoms with Gasteiger partial charge in [-0.2, -0.15) is 0 Å². The van der Waals surface area contributed by atoms with Gasteiger partial charge >= 0.3 is 0 Å². The summed E-state index contributed by atoms with van der Waals surface area (Å²) in [5, 5.41) is 3.37. The van der Waals surface area contributed by atoms with E-state index in [0.717, 1.165) is 10.5 Å². The highest BCUT2D eigenvalue weighted by Crippen LogP contribution is 2.33. The van der Waals surface area contributed by atoms with Crippen molar-refractivity contribution in [3.05, 3.63) is 52.0 Å². The predicted molar refractivity (Wildman–Crippen MR) is 123 cm³/mol. The fraction of sp³-hybridized carbons (Fsp3) is 0.435. The van der Waals surface area contributed by atoms with Crippen LogP contribution >= 0.6 is 23.2 Å². The Bertz CT molecular complexity index is 1220. The van der Waals surface area contributed by atoms with Gasteiger partial charge < -0.3 is 15.0 Å². The summed E-state index contributed by atoms with van der Waals surface area (Å²) in [7, 11) is 0. The lowest BCUT2D eigenvalue weighted by Gasteiger charge is -2.36. The first kappa shape index (κ1) is 13.5. The van der Waals surface area contributed by atoms with Gasteiger partial charge in [-0.15, -0.1) is 0 Å². The van der Waals surface area contributed by atoms with Crippen LogP contribution in [0.1, 0.15) is 35.7 Å². The van der Waals surface area contributed by atoms with Crippen LogP contribution in [0.25, 0.3) is 0 Å². The summed E-state index contributed by atoms with van der Waals surface area (Å²) < 4.78 is 72.8. The normalized spacial score (nSPS) is 22.7. The largest absolute Gasteiger partial charge is 0.494 e. The van der Waals surface area contributed by atoms with Crippen molar-refractivity contribution < 1.29 is 20.5 Å². The lowest BCUT2D eigenvalue weighted by atomic mass is 10.0. The number of carbonyl (C=O) groups excluding carboxylic acids is 1. The summed E-state index contributed by atoms with van der Waals surface area (Å²) in [5.41, 5.74) is 1.88. The minimum Gasteiger partial charge on any atom is -0.494 e. The summed E-state index contributed by atoms with van der Waals surface area (Å²) in [5.74, 6) is -0.335. The maximum Gasteiger partial charge on any atom is 0.224 e. The van der Waals surface area contributed by atoms with E-state index in [0.29, 0.717) is 34.3 Å². The predicted octanol–water partition coefficient (Wildman–Crippen LogP) is 4.86. The second-order valence-electron chi connectivity index (χ2n) is 6.98. The van der Waals surface area contributed by atoms with Gasteiger partial charge in [-0.3, -0.25) is 9.69 Å². The number of rotatable bonds is 7. The lowest BCUT2D eigenvalue weighted by molar-refractivity contribution is -0.116. The zero-order valence-corrected chi connectivity index (χ0v) is 17.7. The summed E-state index contributed by atoms with van der Waals surface area (Å²) in [6.07, 6.45) is -5.97. The molecule has 0 aliphatic carbocycles. The standard InChI is InChI=1S/C23H27Cl2N3O2/c24-19-4-3-5-21(23(19)25)28-13-11-27(12-14-28)10-1-2-15-30-18-8-6-17-7-9-22(29)26-20(17)16-18/h3-6,8,16H,1-2,7,9-15H2,(H,26,29)/i1D2,2D2,10D2,15D2. The van der Waals surface area contributed by atoms with Crippen LogP contribution in [-0.4, -0.2) is 50.0 Å². The lowest BCUT2D eigenvalue weighted by Crippen LogP contribution is -2.46. The Balaban J connectivity index is 1.51. The molecule has 30 heavy (non-hydrogen) atoms. The van der Waals surface area contributed by atoms with Crippen LogP contribution < -0.4 is 15.0 Å². The van der Waals surface area contributed by atoms with E-state index in [1.54, 1.807) is 24.3 Å². The number of halogens is 2. The molecule has 2 aliphatic heterocycles. The van der Waals surface area contributed by atoms with Gasteiger partial charge in [0, 0.05) is 52.6 Å². The number of amides is 1. The van der Waals surface area contributed by atoms with Crippen LogP contribution in [0.5, 0.6) is 5.75 Å². The van der Waals surface area contributed by atoms with Crippen molar-refractivity contribution in [1.82, 2.24) is 4.90 Å². The topological polar surface area (TPSA) is 44.8 Å². The van der Waals surface area contributed by atoms with Gasteiger partial charge in [0.2, 0.25) is 5.91 Å². The average molecular weight is 456 g/mol. The summed E-state index contributed by atoms with van der Waals surface area (Å²) >= 11 is 12.4. The number of benzene rings is 2. The minimum atomic E-state index is -3.43. The number of nitrogens with one attached hydrogen (secondary N) is 1. The van der Waals surface area contributed by atoms with Crippen LogP contribution in [0, 0.1) is 0 Å². The second-order valence-corrected chi connectivity index (χ2v) is 7.77. The van der Waals surface area contributed by atoms with E-state index in [4.69, 9.17) is 38.9 Å². The quantitative estimate of drug-likeness (QED) is 0.647. The molecule has 160 valence electrons. The fourth-order valence-electron chi connectivity index (χ4n) is 3.43. The van der Waals surface area contributed by atoms with E-state index >= 15 is 0 Å². The van der Waals surface area contributed by atoms with Gasteiger partial charge in [0.25, 0.3) is 0 Å². The van der Waals surface area contributed by atoms with Crippen molar-refractivity contribution in [3.8, 4) is 5.75 Å². The van der Waals surface area contributed by atoms with Gasteiger partial charge in [0.15, 0.2) is 0 Å². The number of anilines is 2. The van der Waals surface area contributed by atoms with Crippen molar-refractivity contribution in [2.45, 2.75) is 25.6 Å². The Morgan fingerprint density at radius 3 is 2.73 bits per heavy atom. The van der Waals surface area contributed by atoms with Crippen molar-refractivity contribution in [2.24, 2.45) is 0 Å². The molecule has 2 aliphatic rings. The molecule has 0 saturated carbocycles. The molecule has 5 nitrogen and oxygen atoms in total. The van der Waals surface area contributed by atoms with E-state index in [2.05, 4.69) is 5.32 Å². The van der Waals surface area contributed by atoms with E-state index < -0.39 is 25.8 Å². The third-order valence-corrected chi connectivity index (χ3v) is 5.83. The molecule has 1 saturated heterocycles. The number of carbonyl (C=O) groups is 1. The highest BCUT2D eigenvalue weighted by atomic mass is 35.5. The van der Waals surface area contributed by atoms with Crippen molar-refractivity contribution in [3.63, 3.8) is 0 Å². The molecule has 0 atom stereocenters. The number of aryl methyl sites for hydroxylation is 1. The second kappa shape index (κ2) is 9.90. The zero-order valence-electron chi connectivity index (χ0n) is 24.2. The van der Waals surface area contributed by atoms with Crippen LogP contribution in [-0.2, 0) is 11.2 Å². The molecule has 1 amide bonds. The molecule has 4 rings (SSSR count). The van der Waals surface area contributed by atoms with E-state index in [-0.39, 0.29) is 37.8 Å². The monoisotopic (exact) mass is 455 g/mol. The van der Waals surface area contributed by atoms with Crippen molar-refractivity contribution >= 4 is 40.5 Å². The summed E-state index contributed by atoms with van der Waals surface area (Å²) in [4.78, 5) is 14.7. The Hall–Kier alpha value is -1.95. The minimum absolute atomic E-state index is 0.0276. The summed E-state index contributed by atoms with van der Waals surface area (Å²) in [6.45, 7) is -5.58. The maximum absolute atomic E-state index is 11.7. The third kappa shape index (κ3) is 5.20. The Kier molecular flexibility index (Phi) is 4.44. The number of hydrogen-bond donors (Lipinski definition) is 1. The van der Waals surface area contributed by atoms with Crippen LogP contribution in [0.15, 0.2) is 36.4 Å². The van der Waals surface area contributed by atoms with Gasteiger partial charge in [0.05, 0.1) is 25.0 Å². The zero-order chi connectivity index (χ0) is 28.1. The molecule has 1 N–H and O–H groups in total. The van der Waals surface area contributed by atoms with E-state index in [1.807, 2.05) is 4.90 Å². The van der Waals surface area contributed by atoms with Crippen LogP contribution in [0.3, 0.4) is 0 Å².